The smallest absolute Gasteiger partial charge is 0.272 e. The van der Waals surface area contributed by atoms with Gasteiger partial charge in [0.15, 0.2) is 4.77 Å². The Morgan fingerprint density at radius 1 is 1.50 bits per heavy atom. The van der Waals surface area contributed by atoms with Crippen LogP contribution in [0.3, 0.4) is 0 Å². The van der Waals surface area contributed by atoms with Crippen LogP contribution in [0.5, 0.6) is 0 Å². The van der Waals surface area contributed by atoms with E-state index in [4.69, 9.17) is 12.2 Å². The number of aromatic nitrogens is 3. The molecule has 0 unspecified atom stereocenters. The molecule has 5 heteroatoms. The maximum absolute atomic E-state index is 11.2. The van der Waals surface area contributed by atoms with E-state index in [9.17, 15) is 4.79 Å². The van der Waals surface area contributed by atoms with E-state index < -0.39 is 0 Å². The van der Waals surface area contributed by atoms with Gasteiger partial charge in [0.1, 0.15) is 0 Å². The highest BCUT2D eigenvalue weighted by Gasteiger charge is 2.28. The number of H-pyrrole nitrogens is 2. The summed E-state index contributed by atoms with van der Waals surface area (Å²) in [5.74, 6) is 0.728. The van der Waals surface area contributed by atoms with Gasteiger partial charge in [-0.05, 0) is 31.0 Å². The zero-order valence-electron chi connectivity index (χ0n) is 6.83. The fourth-order valence-corrected chi connectivity index (χ4v) is 2.00. The van der Waals surface area contributed by atoms with Gasteiger partial charge in [0.25, 0.3) is 0 Å². The van der Waals surface area contributed by atoms with Crippen LogP contribution in [0, 0.1) is 10.7 Å². The van der Waals surface area contributed by atoms with Crippen LogP contribution in [0.4, 0.5) is 0 Å². The molecular weight excluding hydrogens is 174 g/mol. The molecule has 1 heterocycles. The minimum atomic E-state index is -0.114. The van der Waals surface area contributed by atoms with Gasteiger partial charge in [0.05, 0.1) is 0 Å². The lowest BCUT2D eigenvalue weighted by molar-refractivity contribution is 0.210. The van der Waals surface area contributed by atoms with Gasteiger partial charge < -0.3 is 0 Å². The van der Waals surface area contributed by atoms with E-state index in [0.29, 0.717) is 10.8 Å². The van der Waals surface area contributed by atoms with Gasteiger partial charge >= 0.3 is 5.69 Å². The van der Waals surface area contributed by atoms with Crippen molar-refractivity contribution in [2.24, 2.45) is 5.92 Å². The molecule has 0 aromatic carbocycles. The molecule has 2 rings (SSSR count). The van der Waals surface area contributed by atoms with Gasteiger partial charge in [-0.2, -0.15) is 0 Å². The Morgan fingerprint density at radius 3 is 2.58 bits per heavy atom. The monoisotopic (exact) mass is 185 g/mol. The zero-order valence-corrected chi connectivity index (χ0v) is 7.65. The number of nitrogens with zero attached hydrogens (tertiary/aromatic N) is 1. The molecule has 12 heavy (non-hydrogen) atoms. The Bertz CT molecular complexity index is 354. The topological polar surface area (TPSA) is 53.6 Å². The van der Waals surface area contributed by atoms with Gasteiger partial charge in [0, 0.05) is 6.04 Å². The largest absolute Gasteiger partial charge is 0.342 e. The predicted molar refractivity (Wildman–Crippen MR) is 47.7 cm³/mol. The Kier molecular flexibility index (Phi) is 1.68. The third kappa shape index (κ3) is 1.04. The van der Waals surface area contributed by atoms with Gasteiger partial charge in [-0.25, -0.2) is 9.89 Å². The van der Waals surface area contributed by atoms with E-state index in [0.717, 1.165) is 18.8 Å². The standard InChI is InChI=1S/C7H11N3OS/c1-4-2-5(3-4)10-6(11)8-9-7(10)12/h4-5H,2-3H2,1H3,(H,8,11)(H,9,12). The summed E-state index contributed by atoms with van der Waals surface area (Å²) in [5, 5.41) is 5.12. The number of hydrogen-bond acceptors (Lipinski definition) is 2. The van der Waals surface area contributed by atoms with E-state index in [-0.39, 0.29) is 5.69 Å². The minimum absolute atomic E-state index is 0.114. The van der Waals surface area contributed by atoms with Crippen LogP contribution in [0.1, 0.15) is 25.8 Å². The second-order valence-corrected chi connectivity index (χ2v) is 3.85. The van der Waals surface area contributed by atoms with Crippen LogP contribution >= 0.6 is 12.2 Å². The average Bonchev–Trinajstić information content (AvgIpc) is 2.26. The van der Waals surface area contributed by atoms with Crippen molar-refractivity contribution in [2.75, 3.05) is 0 Å². The molecule has 0 saturated heterocycles. The van der Waals surface area contributed by atoms with E-state index in [1.807, 2.05) is 0 Å². The van der Waals surface area contributed by atoms with Gasteiger partial charge in [0.2, 0.25) is 0 Å². The Labute approximate surface area is 74.6 Å². The third-order valence-electron chi connectivity index (χ3n) is 2.43. The van der Waals surface area contributed by atoms with Crippen LogP contribution in [-0.2, 0) is 0 Å². The van der Waals surface area contributed by atoms with Crippen LogP contribution in [0.15, 0.2) is 4.79 Å². The predicted octanol–water partition coefficient (Wildman–Crippen LogP) is 1.20. The number of rotatable bonds is 1. The SMILES string of the molecule is CC1CC(n2c(=O)[nH][nH]c2=S)C1. The summed E-state index contributed by atoms with van der Waals surface area (Å²) in [7, 11) is 0. The van der Waals surface area contributed by atoms with E-state index in [1.54, 1.807) is 4.57 Å². The molecule has 1 aromatic heterocycles. The van der Waals surface area contributed by atoms with Crippen LogP contribution in [-0.4, -0.2) is 14.8 Å². The Hall–Kier alpha value is -0.840. The summed E-state index contributed by atoms with van der Waals surface area (Å²) in [5.41, 5.74) is -0.114. The number of hydrogen-bond donors (Lipinski definition) is 2. The summed E-state index contributed by atoms with van der Waals surface area (Å²) in [4.78, 5) is 11.2. The molecule has 0 atom stereocenters. The van der Waals surface area contributed by atoms with E-state index in [2.05, 4.69) is 17.1 Å². The lowest BCUT2D eigenvalue weighted by Gasteiger charge is -2.32. The van der Waals surface area contributed by atoms with Crippen LogP contribution in [0.25, 0.3) is 0 Å². The number of aromatic amines is 2. The van der Waals surface area contributed by atoms with Crippen molar-refractivity contribution in [1.29, 1.82) is 0 Å². The first kappa shape index (κ1) is 7.79. The second-order valence-electron chi connectivity index (χ2n) is 3.46. The first-order valence-corrected chi connectivity index (χ1v) is 4.48. The third-order valence-corrected chi connectivity index (χ3v) is 2.73. The fourth-order valence-electron chi connectivity index (χ4n) is 1.72. The first-order valence-electron chi connectivity index (χ1n) is 4.07. The van der Waals surface area contributed by atoms with Crippen molar-refractivity contribution in [3.63, 3.8) is 0 Å². The summed E-state index contributed by atoms with van der Waals surface area (Å²) >= 11 is 4.96. The Balaban J connectivity index is 2.34. The minimum Gasteiger partial charge on any atom is -0.272 e. The van der Waals surface area contributed by atoms with Crippen molar-refractivity contribution < 1.29 is 0 Å². The van der Waals surface area contributed by atoms with Crippen molar-refractivity contribution in [3.8, 4) is 0 Å². The fraction of sp³-hybridized carbons (Fsp3) is 0.714. The molecule has 0 amide bonds. The summed E-state index contributed by atoms with van der Waals surface area (Å²) in [6, 6.07) is 0.322. The van der Waals surface area contributed by atoms with E-state index in [1.165, 1.54) is 0 Å². The molecule has 0 bridgehead atoms. The molecule has 1 fully saturated rings. The average molecular weight is 185 g/mol. The highest BCUT2D eigenvalue weighted by molar-refractivity contribution is 7.71. The van der Waals surface area contributed by atoms with Gasteiger partial charge in [-0.1, -0.05) is 6.92 Å². The molecule has 0 spiro atoms. The molecule has 1 aliphatic rings. The summed E-state index contributed by atoms with van der Waals surface area (Å²) < 4.78 is 2.15. The zero-order chi connectivity index (χ0) is 8.72. The Morgan fingerprint density at radius 2 is 2.17 bits per heavy atom. The lowest BCUT2D eigenvalue weighted by atomic mass is 9.82. The highest BCUT2D eigenvalue weighted by atomic mass is 32.1. The highest BCUT2D eigenvalue weighted by Crippen LogP contribution is 2.36. The van der Waals surface area contributed by atoms with Crippen LogP contribution < -0.4 is 5.69 Å². The summed E-state index contributed by atoms with van der Waals surface area (Å²) in [6.45, 7) is 2.18. The number of nitrogens with one attached hydrogen (secondary N) is 2. The second kappa shape index (κ2) is 2.58. The molecule has 66 valence electrons. The lowest BCUT2D eigenvalue weighted by Crippen LogP contribution is -2.31. The molecule has 2 N–H and O–H groups in total. The molecule has 1 saturated carbocycles. The maximum atomic E-state index is 11.2. The quantitative estimate of drug-likeness (QED) is 0.646. The first-order chi connectivity index (χ1) is 5.68. The van der Waals surface area contributed by atoms with Crippen molar-refractivity contribution in [3.05, 3.63) is 15.3 Å². The molecule has 0 radical (unpaired) electrons. The molecular formula is C7H11N3OS. The maximum Gasteiger partial charge on any atom is 0.342 e. The molecule has 0 aliphatic heterocycles. The molecule has 1 aromatic rings. The molecule has 4 nitrogen and oxygen atoms in total. The molecule has 1 aliphatic carbocycles. The van der Waals surface area contributed by atoms with Crippen molar-refractivity contribution in [1.82, 2.24) is 14.8 Å². The van der Waals surface area contributed by atoms with Gasteiger partial charge in [-0.15, -0.1) is 0 Å². The normalized spacial score (nSPS) is 28.4. The summed E-state index contributed by atoms with van der Waals surface area (Å²) in [6.07, 6.45) is 2.13. The van der Waals surface area contributed by atoms with E-state index >= 15 is 0 Å². The van der Waals surface area contributed by atoms with Crippen LogP contribution in [0.2, 0.25) is 0 Å². The van der Waals surface area contributed by atoms with Crippen molar-refractivity contribution in [2.45, 2.75) is 25.8 Å². The van der Waals surface area contributed by atoms with Crippen molar-refractivity contribution >= 4 is 12.2 Å². The van der Waals surface area contributed by atoms with Gasteiger partial charge in [-0.3, -0.25) is 9.67 Å².